The number of carbonyl (C=O) groups excluding carboxylic acids is 2. The predicted octanol–water partition coefficient (Wildman–Crippen LogP) is 3.90. The van der Waals surface area contributed by atoms with Gasteiger partial charge in [0.2, 0.25) is 5.95 Å². The Balaban J connectivity index is 1.56. The maximum absolute atomic E-state index is 15.2. The quantitative estimate of drug-likeness (QED) is 0.299. The molecule has 2 N–H and O–H groups in total. The number of esters is 1. The van der Waals surface area contributed by atoms with Crippen LogP contribution in [-0.4, -0.2) is 60.2 Å². The van der Waals surface area contributed by atoms with Crippen molar-refractivity contribution < 1.29 is 23.5 Å². The lowest BCUT2D eigenvalue weighted by atomic mass is 9.93. The van der Waals surface area contributed by atoms with Crippen molar-refractivity contribution in [1.82, 2.24) is 34.2 Å². The van der Waals surface area contributed by atoms with Gasteiger partial charge in [0.1, 0.15) is 11.8 Å². The summed E-state index contributed by atoms with van der Waals surface area (Å²) in [6.45, 7) is 1.95. The topological polar surface area (TPSA) is 138 Å². The van der Waals surface area contributed by atoms with Crippen molar-refractivity contribution in [2.45, 2.75) is 50.3 Å². The normalized spacial score (nSPS) is 21.7. The average Bonchev–Trinajstić information content (AvgIpc) is 3.71. The van der Waals surface area contributed by atoms with Crippen LogP contribution in [0.3, 0.4) is 0 Å². The Kier molecular flexibility index (Phi) is 6.15. The van der Waals surface area contributed by atoms with Crippen molar-refractivity contribution >= 4 is 34.1 Å². The zero-order valence-electron chi connectivity index (χ0n) is 24.1. The van der Waals surface area contributed by atoms with Gasteiger partial charge in [0.25, 0.3) is 0 Å². The Labute approximate surface area is 244 Å². The zero-order chi connectivity index (χ0) is 30.2. The van der Waals surface area contributed by atoms with E-state index in [0.29, 0.717) is 46.2 Å². The van der Waals surface area contributed by atoms with Crippen molar-refractivity contribution in [2.75, 3.05) is 7.11 Å². The second-order valence-electron chi connectivity index (χ2n) is 11.4. The van der Waals surface area contributed by atoms with Crippen LogP contribution in [0.2, 0.25) is 0 Å². The second-order valence-corrected chi connectivity index (χ2v) is 11.4. The number of methoxy groups -OCH3 is 1. The molecule has 1 unspecified atom stereocenters. The van der Waals surface area contributed by atoms with Crippen LogP contribution in [0, 0.1) is 5.95 Å². The number of benzene rings is 1. The van der Waals surface area contributed by atoms with Gasteiger partial charge in [-0.3, -0.25) is 18.6 Å². The molecule has 43 heavy (non-hydrogen) atoms. The number of nitrogens with one attached hydrogen (secondary N) is 2. The first kappa shape index (κ1) is 26.9. The molecule has 0 radical (unpaired) electrons. The maximum Gasteiger partial charge on any atom is 0.407 e. The van der Waals surface area contributed by atoms with Crippen LogP contribution in [0.5, 0.6) is 0 Å². The molecular formula is C30H30FN7O5. The second kappa shape index (κ2) is 9.82. The lowest BCUT2D eigenvalue weighted by Gasteiger charge is -2.21. The predicted molar refractivity (Wildman–Crippen MR) is 155 cm³/mol. The minimum atomic E-state index is -0.680. The number of carbonyl (C=O) groups is 2. The molecule has 13 heteroatoms. The number of ether oxygens (including phenoxy) is 2. The molecule has 1 fully saturated rings. The molecule has 0 spiro atoms. The van der Waals surface area contributed by atoms with E-state index in [2.05, 4.69) is 20.4 Å². The lowest BCUT2D eigenvalue weighted by molar-refractivity contribution is -0.150. The van der Waals surface area contributed by atoms with Crippen LogP contribution in [0.1, 0.15) is 43.7 Å². The van der Waals surface area contributed by atoms with E-state index in [1.165, 1.54) is 16.4 Å². The number of pyridine rings is 1. The molecule has 1 saturated carbocycles. The first-order chi connectivity index (χ1) is 20.6. The highest BCUT2D eigenvalue weighted by atomic mass is 19.1. The number of amides is 1. The van der Waals surface area contributed by atoms with Gasteiger partial charge >= 0.3 is 17.8 Å². The summed E-state index contributed by atoms with van der Waals surface area (Å²) < 4.78 is 30.6. The third-order valence-electron chi connectivity index (χ3n) is 8.78. The van der Waals surface area contributed by atoms with Gasteiger partial charge < -0.3 is 19.8 Å². The van der Waals surface area contributed by atoms with Crippen molar-refractivity contribution in [3.63, 3.8) is 0 Å². The van der Waals surface area contributed by atoms with E-state index in [1.54, 1.807) is 31.1 Å². The largest absolute Gasteiger partial charge is 0.460 e. The fourth-order valence-corrected chi connectivity index (χ4v) is 6.68. The van der Waals surface area contributed by atoms with Gasteiger partial charge in [-0.1, -0.05) is 31.2 Å². The Hall–Kier alpha value is -4.94. The van der Waals surface area contributed by atoms with Gasteiger partial charge in [-0.25, -0.2) is 14.6 Å². The molecule has 1 amide bonds. The summed E-state index contributed by atoms with van der Waals surface area (Å²) in [5.41, 5.74) is 4.54. The van der Waals surface area contributed by atoms with E-state index < -0.39 is 36.2 Å². The highest BCUT2D eigenvalue weighted by Gasteiger charge is 2.41. The van der Waals surface area contributed by atoms with E-state index in [0.717, 1.165) is 11.1 Å². The fraction of sp³-hybridized carbons (Fsp3) is 0.367. The van der Waals surface area contributed by atoms with E-state index >= 15 is 4.39 Å². The molecule has 2 aliphatic heterocycles. The molecule has 4 atom stereocenters. The summed E-state index contributed by atoms with van der Waals surface area (Å²) in [4.78, 5) is 47.3. The van der Waals surface area contributed by atoms with Gasteiger partial charge in [0.15, 0.2) is 0 Å². The van der Waals surface area contributed by atoms with Crippen LogP contribution in [0.25, 0.3) is 44.5 Å². The van der Waals surface area contributed by atoms with Crippen molar-refractivity contribution in [1.29, 1.82) is 0 Å². The van der Waals surface area contributed by atoms with Crippen LogP contribution < -0.4 is 11.0 Å². The molecule has 3 aliphatic rings. The number of imidazole rings is 1. The summed E-state index contributed by atoms with van der Waals surface area (Å²) >= 11 is 0. The number of halogens is 1. The monoisotopic (exact) mass is 587 g/mol. The lowest BCUT2D eigenvalue weighted by Crippen LogP contribution is -2.42. The highest BCUT2D eigenvalue weighted by Crippen LogP contribution is 2.44. The summed E-state index contributed by atoms with van der Waals surface area (Å²) in [5, 5.41) is 7.37. The average molecular weight is 588 g/mol. The third-order valence-corrected chi connectivity index (χ3v) is 8.78. The van der Waals surface area contributed by atoms with E-state index in [9.17, 15) is 14.4 Å². The van der Waals surface area contributed by atoms with Gasteiger partial charge in [-0.15, -0.1) is 5.10 Å². The Morgan fingerprint density at radius 3 is 2.65 bits per heavy atom. The first-order valence-electron chi connectivity index (χ1n) is 14.1. The van der Waals surface area contributed by atoms with Crippen molar-refractivity contribution in [2.24, 2.45) is 14.1 Å². The Morgan fingerprint density at radius 1 is 1.19 bits per heavy atom. The van der Waals surface area contributed by atoms with E-state index in [-0.39, 0.29) is 23.6 Å². The van der Waals surface area contributed by atoms with Gasteiger partial charge in [0.05, 0.1) is 53.4 Å². The van der Waals surface area contributed by atoms with Crippen LogP contribution in [0.15, 0.2) is 41.5 Å². The summed E-state index contributed by atoms with van der Waals surface area (Å²) in [6, 6.07) is 6.73. The van der Waals surface area contributed by atoms with Gasteiger partial charge in [-0.2, -0.15) is 4.39 Å². The minimum Gasteiger partial charge on any atom is -0.460 e. The summed E-state index contributed by atoms with van der Waals surface area (Å²) in [6.07, 6.45) is 2.64. The molecule has 4 bridgehead atoms. The molecule has 1 aliphatic carbocycles. The van der Waals surface area contributed by atoms with Crippen molar-refractivity contribution in [3.05, 3.63) is 58.7 Å². The molecule has 6 heterocycles. The van der Waals surface area contributed by atoms with Crippen LogP contribution >= 0.6 is 0 Å². The number of hydrogen-bond acceptors (Lipinski definition) is 7. The SMILES string of the molecule is COC(=O)N[C@H]1CC2C[C@H]1OC(=O)C[C@@H](C)c1ccc(cc1)-c1c(-c3cn(C)nc3F)[nH]c3ncc4c(c13)n2c(=O)n4C. The van der Waals surface area contributed by atoms with Gasteiger partial charge in [0, 0.05) is 38.3 Å². The highest BCUT2D eigenvalue weighted by molar-refractivity contribution is 6.14. The minimum absolute atomic E-state index is 0.131. The molecule has 1 aromatic carbocycles. The standard InChI is InChI=1S/C30H30FN7O5/c1-14-9-22(39)43-21-11-17(10-19(21)33-29(40)42-4)38-26-20(37(3)30(38)41)12-32-28-24(26)23(16-7-5-15(14)6-8-16)25(34-28)18-13-36(2)35-27(18)31/h5-8,12-14,17,19,21H,9-11H2,1-4H3,(H,32,34)(H,33,40)/t14-,17?,19+,21-/m1/s1. The molecule has 8 rings (SSSR count). The number of hydrogen-bond donors (Lipinski definition) is 2. The zero-order valence-corrected chi connectivity index (χ0v) is 24.1. The molecule has 222 valence electrons. The number of aryl methyl sites for hydroxylation is 2. The summed E-state index contributed by atoms with van der Waals surface area (Å²) in [7, 11) is 4.59. The van der Waals surface area contributed by atoms with Crippen molar-refractivity contribution in [3.8, 4) is 22.4 Å². The fourth-order valence-electron chi connectivity index (χ4n) is 6.68. The molecule has 0 saturated heterocycles. The van der Waals surface area contributed by atoms with Crippen LogP contribution in [0.4, 0.5) is 9.18 Å². The first-order valence-corrected chi connectivity index (χ1v) is 14.1. The number of alkyl carbamates (subject to hydrolysis) is 1. The molecule has 5 aromatic rings. The summed E-state index contributed by atoms with van der Waals surface area (Å²) in [5.74, 6) is -1.19. The third kappa shape index (κ3) is 4.21. The number of nitrogens with zero attached hydrogens (tertiary/aromatic N) is 5. The van der Waals surface area contributed by atoms with E-state index in [4.69, 9.17) is 9.47 Å². The number of fused-ring (bicyclic) bond motifs is 5. The number of aromatic amines is 1. The molecule has 12 nitrogen and oxygen atoms in total. The van der Waals surface area contributed by atoms with Gasteiger partial charge in [-0.05, 0) is 23.5 Å². The molecular weight excluding hydrogens is 557 g/mol. The molecule has 4 aromatic heterocycles. The maximum atomic E-state index is 15.2. The Bertz CT molecular complexity index is 1990. The number of H-pyrrole nitrogens is 1. The van der Waals surface area contributed by atoms with Crippen LogP contribution in [-0.2, 0) is 28.4 Å². The van der Waals surface area contributed by atoms with E-state index in [1.807, 2.05) is 31.2 Å². The smallest absolute Gasteiger partial charge is 0.407 e. The number of rotatable bonds is 2. The Morgan fingerprint density at radius 2 is 1.95 bits per heavy atom. The number of aromatic nitrogens is 6.